The van der Waals surface area contributed by atoms with Crippen LogP contribution in [0, 0.1) is 11.6 Å². The van der Waals surface area contributed by atoms with Gasteiger partial charge >= 0.3 is 5.69 Å². The predicted molar refractivity (Wildman–Crippen MR) is 70.1 cm³/mol. The van der Waals surface area contributed by atoms with Crippen molar-refractivity contribution in [3.63, 3.8) is 0 Å². The summed E-state index contributed by atoms with van der Waals surface area (Å²) in [4.78, 5) is 26.6. The van der Waals surface area contributed by atoms with Gasteiger partial charge in [0.15, 0.2) is 0 Å². The van der Waals surface area contributed by atoms with Gasteiger partial charge in [0, 0.05) is 0 Å². The highest BCUT2D eigenvalue weighted by Gasteiger charge is 2.10. The Bertz CT molecular complexity index is 911. The molecule has 3 aromatic rings. The van der Waals surface area contributed by atoms with Crippen molar-refractivity contribution < 1.29 is 8.78 Å². The molecule has 0 spiro atoms. The van der Waals surface area contributed by atoms with E-state index in [9.17, 15) is 18.4 Å². The fourth-order valence-corrected chi connectivity index (χ4v) is 2.01. The van der Waals surface area contributed by atoms with E-state index in [1.165, 1.54) is 18.2 Å². The van der Waals surface area contributed by atoms with Gasteiger partial charge in [-0.25, -0.2) is 18.1 Å². The summed E-state index contributed by atoms with van der Waals surface area (Å²) in [5.74, 6) is -1.02. The zero-order valence-electron chi connectivity index (χ0n) is 10.1. The van der Waals surface area contributed by atoms with Crippen molar-refractivity contribution >= 4 is 10.9 Å². The number of aromatic nitrogens is 2. The van der Waals surface area contributed by atoms with Crippen molar-refractivity contribution in [3.05, 3.63) is 74.9 Å². The quantitative estimate of drug-likeness (QED) is 0.737. The van der Waals surface area contributed by atoms with Crippen molar-refractivity contribution in [2.45, 2.75) is 0 Å². The molecule has 0 amide bonds. The van der Waals surface area contributed by atoms with Gasteiger partial charge in [0.25, 0.3) is 5.56 Å². The molecule has 6 heteroatoms. The largest absolute Gasteiger partial charge is 0.333 e. The first-order chi connectivity index (χ1) is 9.56. The normalized spacial score (nSPS) is 10.9. The molecule has 3 rings (SSSR count). The molecule has 0 atom stereocenters. The second-order valence-electron chi connectivity index (χ2n) is 4.24. The number of nitrogens with zero attached hydrogens (tertiary/aromatic N) is 1. The van der Waals surface area contributed by atoms with Gasteiger partial charge in [0.05, 0.1) is 16.6 Å². The molecule has 0 aliphatic carbocycles. The van der Waals surface area contributed by atoms with Crippen molar-refractivity contribution in [1.29, 1.82) is 0 Å². The Morgan fingerprint density at radius 3 is 2.25 bits per heavy atom. The summed E-state index contributed by atoms with van der Waals surface area (Å²) in [7, 11) is 0. The Labute approximate surface area is 110 Å². The van der Waals surface area contributed by atoms with E-state index in [0.29, 0.717) is 0 Å². The molecule has 0 radical (unpaired) electrons. The zero-order valence-corrected chi connectivity index (χ0v) is 10.1. The van der Waals surface area contributed by atoms with Crippen molar-refractivity contribution in [1.82, 2.24) is 9.55 Å². The van der Waals surface area contributed by atoms with Crippen LogP contribution in [0.5, 0.6) is 0 Å². The summed E-state index contributed by atoms with van der Waals surface area (Å²) in [6, 6.07) is 8.45. The molecule has 4 nitrogen and oxygen atoms in total. The average molecular weight is 274 g/mol. The van der Waals surface area contributed by atoms with Gasteiger partial charge in [0.2, 0.25) is 0 Å². The molecule has 0 unspecified atom stereocenters. The first-order valence-electron chi connectivity index (χ1n) is 5.77. The smallest absolute Gasteiger partial charge is 0.306 e. The average Bonchev–Trinajstić information content (AvgIpc) is 2.40. The number of hydrogen-bond acceptors (Lipinski definition) is 2. The van der Waals surface area contributed by atoms with E-state index in [1.807, 2.05) is 0 Å². The molecule has 0 fully saturated rings. The van der Waals surface area contributed by atoms with Gasteiger partial charge in [0.1, 0.15) is 11.6 Å². The van der Waals surface area contributed by atoms with Crippen molar-refractivity contribution in [2.24, 2.45) is 0 Å². The Morgan fingerprint density at radius 1 is 0.900 bits per heavy atom. The molecule has 1 N–H and O–H groups in total. The first kappa shape index (κ1) is 12.3. The van der Waals surface area contributed by atoms with E-state index in [4.69, 9.17) is 0 Å². The van der Waals surface area contributed by atoms with Gasteiger partial charge in [-0.15, -0.1) is 0 Å². The summed E-state index contributed by atoms with van der Waals surface area (Å²) in [5, 5.41) is 0.176. The Balaban J connectivity index is 2.37. The molecule has 0 saturated heterocycles. The molecular formula is C14H8F2N2O2. The SMILES string of the molecule is O=c1[nH]c2cc(F)ccc2c(=O)n1-c1ccc(F)cc1. The van der Waals surface area contributed by atoms with Crippen LogP contribution in [-0.2, 0) is 0 Å². The van der Waals surface area contributed by atoms with Gasteiger partial charge < -0.3 is 4.98 Å². The lowest BCUT2D eigenvalue weighted by molar-refractivity contribution is 0.626. The fourth-order valence-electron chi connectivity index (χ4n) is 2.01. The summed E-state index contributed by atoms with van der Waals surface area (Å²) >= 11 is 0. The summed E-state index contributed by atoms with van der Waals surface area (Å²) in [5.41, 5.74) is -0.933. The standard InChI is InChI=1S/C14H8F2N2O2/c15-8-1-4-10(5-2-8)18-13(19)11-6-3-9(16)7-12(11)17-14(18)20/h1-7H,(H,17,20). The van der Waals surface area contributed by atoms with Crippen LogP contribution in [0.1, 0.15) is 0 Å². The molecule has 100 valence electrons. The summed E-state index contributed by atoms with van der Waals surface area (Å²) in [6.45, 7) is 0. The maximum atomic E-state index is 13.1. The van der Waals surface area contributed by atoms with Crippen LogP contribution in [0.25, 0.3) is 16.6 Å². The number of hydrogen-bond donors (Lipinski definition) is 1. The van der Waals surface area contributed by atoms with Crippen LogP contribution in [0.2, 0.25) is 0 Å². The third kappa shape index (κ3) is 1.91. The molecule has 1 heterocycles. The number of halogens is 2. The minimum absolute atomic E-state index is 0.123. The van der Waals surface area contributed by atoms with Crippen LogP contribution in [0.15, 0.2) is 52.1 Å². The lowest BCUT2D eigenvalue weighted by Crippen LogP contribution is -2.33. The van der Waals surface area contributed by atoms with Crippen LogP contribution < -0.4 is 11.2 Å². The molecule has 1 aromatic heterocycles. The minimum Gasteiger partial charge on any atom is -0.306 e. The van der Waals surface area contributed by atoms with E-state index >= 15 is 0 Å². The van der Waals surface area contributed by atoms with E-state index in [2.05, 4.69) is 4.98 Å². The monoisotopic (exact) mass is 274 g/mol. The number of rotatable bonds is 1. The maximum Gasteiger partial charge on any atom is 0.333 e. The van der Waals surface area contributed by atoms with Crippen molar-refractivity contribution in [2.75, 3.05) is 0 Å². The minimum atomic E-state index is -0.709. The third-order valence-corrected chi connectivity index (χ3v) is 2.94. The van der Waals surface area contributed by atoms with Crippen LogP contribution in [0.3, 0.4) is 0 Å². The molecule has 0 bridgehead atoms. The number of nitrogens with one attached hydrogen (secondary N) is 1. The van der Waals surface area contributed by atoms with Gasteiger partial charge in [-0.2, -0.15) is 0 Å². The van der Waals surface area contributed by atoms with Gasteiger partial charge in [-0.3, -0.25) is 4.79 Å². The molecular weight excluding hydrogens is 266 g/mol. The Morgan fingerprint density at radius 2 is 1.55 bits per heavy atom. The second-order valence-corrected chi connectivity index (χ2v) is 4.24. The van der Waals surface area contributed by atoms with Gasteiger partial charge in [-0.1, -0.05) is 0 Å². The predicted octanol–water partition coefficient (Wildman–Crippen LogP) is 1.96. The van der Waals surface area contributed by atoms with Crippen LogP contribution in [0.4, 0.5) is 8.78 Å². The van der Waals surface area contributed by atoms with Gasteiger partial charge in [-0.05, 0) is 42.5 Å². The molecule has 0 saturated carbocycles. The first-order valence-corrected chi connectivity index (χ1v) is 5.77. The zero-order chi connectivity index (χ0) is 14.3. The highest BCUT2D eigenvalue weighted by Crippen LogP contribution is 2.10. The number of fused-ring (bicyclic) bond motifs is 1. The summed E-state index contributed by atoms with van der Waals surface area (Å²) < 4.78 is 26.9. The molecule has 2 aromatic carbocycles. The molecule has 0 aliphatic heterocycles. The van der Waals surface area contributed by atoms with Crippen LogP contribution in [-0.4, -0.2) is 9.55 Å². The van der Waals surface area contributed by atoms with Crippen molar-refractivity contribution in [3.8, 4) is 5.69 Å². The molecule has 20 heavy (non-hydrogen) atoms. The highest BCUT2D eigenvalue weighted by molar-refractivity contribution is 5.77. The van der Waals surface area contributed by atoms with E-state index < -0.39 is 22.9 Å². The summed E-state index contributed by atoms with van der Waals surface area (Å²) in [6.07, 6.45) is 0. The number of benzene rings is 2. The van der Waals surface area contributed by atoms with E-state index in [0.717, 1.165) is 28.8 Å². The Kier molecular flexibility index (Phi) is 2.71. The van der Waals surface area contributed by atoms with E-state index in [1.54, 1.807) is 0 Å². The number of aromatic amines is 1. The highest BCUT2D eigenvalue weighted by atomic mass is 19.1. The molecule has 0 aliphatic rings. The lowest BCUT2D eigenvalue weighted by Gasteiger charge is -2.06. The topological polar surface area (TPSA) is 54.9 Å². The maximum absolute atomic E-state index is 13.1. The fraction of sp³-hybridized carbons (Fsp3) is 0. The third-order valence-electron chi connectivity index (χ3n) is 2.94. The van der Waals surface area contributed by atoms with Crippen LogP contribution >= 0.6 is 0 Å². The number of H-pyrrole nitrogens is 1. The lowest BCUT2D eigenvalue weighted by atomic mass is 10.2. The second kappa shape index (κ2) is 4.41. The van der Waals surface area contributed by atoms with E-state index in [-0.39, 0.29) is 16.6 Å². The Hall–Kier alpha value is -2.76.